The summed E-state index contributed by atoms with van der Waals surface area (Å²) in [5, 5.41) is 0. The summed E-state index contributed by atoms with van der Waals surface area (Å²) in [4.78, 5) is 10.2. The molecule has 25 heteroatoms. The Morgan fingerprint density at radius 2 is 0.250 bits per heavy atom. The van der Waals surface area contributed by atoms with Crippen molar-refractivity contribution in [3.05, 3.63) is 0 Å². The minimum atomic E-state index is 0.407. The molecule has 0 heterocycles. The fraction of sp³-hybridized carbons (Fsp3) is 0.980. The predicted molar refractivity (Wildman–Crippen MR) is 276 cm³/mol. The summed E-state index contributed by atoms with van der Waals surface area (Å²) < 4.78 is 131. The molecule has 0 aromatic heterocycles. The number of ether oxygens (including phenoxy) is 24. The number of hydrogen-bond donors (Lipinski definition) is 0. The molecule has 0 rings (SSSR count). The molecule has 456 valence electrons. The van der Waals surface area contributed by atoms with Crippen molar-refractivity contribution in [2.45, 2.75) is 13.3 Å². The van der Waals surface area contributed by atoms with E-state index in [0.717, 1.165) is 6.29 Å². The summed E-state index contributed by atoms with van der Waals surface area (Å²) in [6.45, 7) is 26.0. The Bertz CT molecular complexity index is 1020. The van der Waals surface area contributed by atoms with Gasteiger partial charge in [0.15, 0.2) is 0 Å². The second kappa shape index (κ2) is 73.7. The molecule has 76 heavy (non-hydrogen) atoms. The Kier molecular flexibility index (Phi) is 72.5. The number of aldehydes is 1. The van der Waals surface area contributed by atoms with Gasteiger partial charge in [-0.05, 0) is 6.92 Å². The Morgan fingerprint density at radius 3 is 0.342 bits per heavy atom. The normalized spacial score (nSPS) is 11.7. The van der Waals surface area contributed by atoms with Crippen LogP contribution in [0.1, 0.15) is 13.3 Å². The molecule has 0 aliphatic rings. The molecule has 0 N–H and O–H groups in total. The van der Waals surface area contributed by atoms with E-state index in [0.29, 0.717) is 324 Å². The number of carbonyl (C=O) groups is 1. The smallest absolute Gasteiger partial charge is 0.122 e. The van der Waals surface area contributed by atoms with Gasteiger partial charge in [-0.1, -0.05) is 0 Å². The third-order valence-corrected chi connectivity index (χ3v) is 9.14. The molecule has 0 aliphatic heterocycles. The zero-order chi connectivity index (χ0) is 54.3. The Morgan fingerprint density at radius 1 is 0.158 bits per heavy atom. The summed E-state index contributed by atoms with van der Waals surface area (Å²) in [5.74, 6) is 0. The van der Waals surface area contributed by atoms with Crippen molar-refractivity contribution in [1.29, 1.82) is 0 Å². The monoisotopic (exact) mass is 1110 g/mol. The molecule has 0 saturated carbocycles. The summed E-state index contributed by atoms with van der Waals surface area (Å²) in [6, 6.07) is 0. The van der Waals surface area contributed by atoms with E-state index in [1.165, 1.54) is 0 Å². The molecule has 0 aromatic carbocycles. The standard InChI is InChI=1S/C51H102O25/c1-2-53-6-7-55-10-11-57-14-15-59-18-19-61-22-23-63-26-27-65-30-31-67-34-35-69-38-39-71-42-43-73-46-47-75-50-51-76-49-48-74-45-44-72-41-40-70-37-36-68-33-32-66-29-28-64-25-24-62-21-20-60-17-16-58-13-12-56-9-8-54-5-3-4-52/h4H,2-3,5-51H2,1H3. The molecule has 0 fully saturated rings. The average molecular weight is 1120 g/mol. The van der Waals surface area contributed by atoms with Crippen LogP contribution in [0.3, 0.4) is 0 Å². The zero-order valence-corrected chi connectivity index (χ0v) is 46.4. The van der Waals surface area contributed by atoms with Crippen LogP contribution in [0.4, 0.5) is 0 Å². The molecule has 0 amide bonds. The van der Waals surface area contributed by atoms with Crippen LogP contribution >= 0.6 is 0 Å². The highest BCUT2D eigenvalue weighted by Crippen LogP contribution is 1.91. The maximum Gasteiger partial charge on any atom is 0.122 e. The van der Waals surface area contributed by atoms with Gasteiger partial charge in [-0.15, -0.1) is 0 Å². The first kappa shape index (κ1) is 74.7. The van der Waals surface area contributed by atoms with E-state index in [-0.39, 0.29) is 0 Å². The Labute approximate surface area is 454 Å². The molecule has 0 radical (unpaired) electrons. The molecule has 0 unspecified atom stereocenters. The van der Waals surface area contributed by atoms with Crippen molar-refractivity contribution in [2.24, 2.45) is 0 Å². The maximum absolute atomic E-state index is 10.2. The SMILES string of the molecule is CCOCCOCCOCCOCCOCCOCCOCCOCCOCCOCCOCCOCCOCCOCCOCCOCCOCCOCCOCCOCCOCCOCCOCCOCCC=O. The van der Waals surface area contributed by atoms with E-state index >= 15 is 0 Å². The van der Waals surface area contributed by atoms with Crippen LogP contribution in [0.5, 0.6) is 0 Å². The van der Waals surface area contributed by atoms with Crippen molar-refractivity contribution in [3.63, 3.8) is 0 Å². The van der Waals surface area contributed by atoms with Crippen molar-refractivity contribution < 1.29 is 118 Å². The van der Waals surface area contributed by atoms with Crippen LogP contribution in [0.15, 0.2) is 0 Å². The van der Waals surface area contributed by atoms with Crippen LogP contribution < -0.4 is 0 Å². The summed E-state index contributed by atoms with van der Waals surface area (Å²) in [5.41, 5.74) is 0. The van der Waals surface area contributed by atoms with Gasteiger partial charge < -0.3 is 118 Å². The van der Waals surface area contributed by atoms with Gasteiger partial charge in [-0.3, -0.25) is 0 Å². The summed E-state index contributed by atoms with van der Waals surface area (Å²) in [6.07, 6.45) is 1.24. The van der Waals surface area contributed by atoms with Crippen molar-refractivity contribution >= 4 is 6.29 Å². The maximum atomic E-state index is 10.2. The van der Waals surface area contributed by atoms with E-state index in [9.17, 15) is 4.79 Å². The van der Waals surface area contributed by atoms with E-state index in [1.54, 1.807) is 0 Å². The summed E-state index contributed by atoms with van der Waals surface area (Å²) in [7, 11) is 0. The van der Waals surface area contributed by atoms with Crippen molar-refractivity contribution in [1.82, 2.24) is 0 Å². The van der Waals surface area contributed by atoms with Gasteiger partial charge in [0, 0.05) is 13.0 Å². The third-order valence-electron chi connectivity index (χ3n) is 9.14. The number of carbonyl (C=O) groups excluding carboxylic acids is 1. The highest BCUT2D eigenvalue weighted by Gasteiger charge is 2.00. The molecule has 25 nitrogen and oxygen atoms in total. The van der Waals surface area contributed by atoms with Crippen LogP contribution in [0.25, 0.3) is 0 Å². The second-order valence-corrected chi connectivity index (χ2v) is 15.2. The zero-order valence-electron chi connectivity index (χ0n) is 46.4. The second-order valence-electron chi connectivity index (χ2n) is 15.2. The fourth-order valence-electron chi connectivity index (χ4n) is 5.33. The number of hydrogen-bond acceptors (Lipinski definition) is 25. The average Bonchev–Trinajstić information content (AvgIpc) is 3.43. The quantitative estimate of drug-likeness (QED) is 0.0610. The fourth-order valence-corrected chi connectivity index (χ4v) is 5.33. The highest BCUT2D eigenvalue weighted by atomic mass is 16.6. The van der Waals surface area contributed by atoms with Crippen LogP contribution in [-0.2, 0) is 118 Å². The highest BCUT2D eigenvalue weighted by molar-refractivity contribution is 5.49. The lowest BCUT2D eigenvalue weighted by Gasteiger charge is -2.09. The van der Waals surface area contributed by atoms with Gasteiger partial charge in [-0.25, -0.2) is 0 Å². The number of rotatable bonds is 73. The molecule has 0 aromatic rings. The first-order valence-electron chi connectivity index (χ1n) is 27.2. The molecular formula is C51H102O25. The predicted octanol–water partition coefficient (Wildman–Crippen LogP) is 0.994. The molecule has 0 spiro atoms. The van der Waals surface area contributed by atoms with Gasteiger partial charge in [0.05, 0.1) is 311 Å². The van der Waals surface area contributed by atoms with E-state index in [4.69, 9.17) is 114 Å². The summed E-state index contributed by atoms with van der Waals surface area (Å²) >= 11 is 0. The van der Waals surface area contributed by atoms with Gasteiger partial charge in [0.25, 0.3) is 0 Å². The van der Waals surface area contributed by atoms with E-state index in [2.05, 4.69) is 0 Å². The third kappa shape index (κ3) is 72.7. The van der Waals surface area contributed by atoms with Gasteiger partial charge >= 0.3 is 0 Å². The lowest BCUT2D eigenvalue weighted by molar-refractivity contribution is -0.109. The van der Waals surface area contributed by atoms with Crippen LogP contribution in [0, 0.1) is 0 Å². The molecule has 0 aliphatic carbocycles. The molecule has 0 bridgehead atoms. The minimum Gasteiger partial charge on any atom is -0.379 e. The van der Waals surface area contributed by atoms with Gasteiger partial charge in [0.1, 0.15) is 6.29 Å². The lowest BCUT2D eigenvalue weighted by Crippen LogP contribution is -2.16. The van der Waals surface area contributed by atoms with E-state index in [1.807, 2.05) is 6.92 Å². The Balaban J connectivity index is 3.08. The molecule has 0 atom stereocenters. The van der Waals surface area contributed by atoms with Crippen LogP contribution in [0.2, 0.25) is 0 Å². The molecular weight excluding hydrogens is 1010 g/mol. The van der Waals surface area contributed by atoms with Gasteiger partial charge in [-0.2, -0.15) is 0 Å². The Hall–Kier alpha value is -1.29. The van der Waals surface area contributed by atoms with Gasteiger partial charge in [0.2, 0.25) is 0 Å². The van der Waals surface area contributed by atoms with Crippen molar-refractivity contribution in [2.75, 3.05) is 317 Å². The lowest BCUT2D eigenvalue weighted by atomic mass is 10.5. The first-order valence-corrected chi connectivity index (χ1v) is 27.2. The van der Waals surface area contributed by atoms with Crippen molar-refractivity contribution in [3.8, 4) is 0 Å². The van der Waals surface area contributed by atoms with E-state index < -0.39 is 0 Å². The first-order chi connectivity index (χ1) is 37.9. The molecule has 0 saturated heterocycles. The minimum absolute atomic E-state index is 0.407. The largest absolute Gasteiger partial charge is 0.379 e. The topological polar surface area (TPSA) is 239 Å². The van der Waals surface area contributed by atoms with Crippen LogP contribution in [-0.4, -0.2) is 323 Å².